The quantitative estimate of drug-likeness (QED) is 0.129. The number of halogens is 1. The largest absolute Gasteiger partial charge is 0.493 e. The number of methoxy groups -OCH3 is 1. The van der Waals surface area contributed by atoms with Crippen LogP contribution in [-0.4, -0.2) is 7.11 Å². The molecule has 10 nitrogen and oxygen atoms in total. The number of nitrogens with zero attached hydrogens (tertiary/aromatic N) is 4. The van der Waals surface area contributed by atoms with Crippen molar-refractivity contribution >= 4 is 0 Å². The van der Waals surface area contributed by atoms with E-state index in [0.29, 0.717) is 17.1 Å². The zero-order valence-corrected chi connectivity index (χ0v) is 27.2. The lowest BCUT2D eigenvalue weighted by Crippen LogP contribution is -1.97. The van der Waals surface area contributed by atoms with Gasteiger partial charge in [-0.25, -0.2) is 4.39 Å². The molecule has 0 unspecified atom stereocenters. The normalized spacial score (nSPS) is 10.0. The van der Waals surface area contributed by atoms with Crippen molar-refractivity contribution in [3.63, 3.8) is 0 Å². The molecule has 0 aliphatic rings. The summed E-state index contributed by atoms with van der Waals surface area (Å²) >= 11 is 0. The van der Waals surface area contributed by atoms with E-state index in [9.17, 15) is 25.4 Å². The number of para-hydroxylation sites is 2. The van der Waals surface area contributed by atoms with Gasteiger partial charge in [-0.3, -0.25) is 0 Å². The summed E-state index contributed by atoms with van der Waals surface area (Å²) in [5.74, 6) is 1.44. The monoisotopic (exact) mass is 686 g/mol. The van der Waals surface area contributed by atoms with Crippen LogP contribution in [0.5, 0.6) is 63.2 Å². The molecule has 0 fully saturated rings. The molecule has 0 N–H and O–H groups in total. The van der Waals surface area contributed by atoms with E-state index in [2.05, 4.69) is 18.2 Å². The molecule has 0 aromatic heterocycles. The van der Waals surface area contributed by atoms with E-state index in [0.717, 1.165) is 6.07 Å². The minimum atomic E-state index is -0.723. The van der Waals surface area contributed by atoms with Gasteiger partial charge < -0.3 is 28.4 Å². The molecule has 0 atom stereocenters. The second kappa shape index (κ2) is 15.5. The molecule has 0 amide bonds. The van der Waals surface area contributed by atoms with Crippen LogP contribution < -0.4 is 28.4 Å². The molecular formula is C41H23FN4O6. The summed E-state index contributed by atoms with van der Waals surface area (Å²) in [5, 5.41) is 38.8. The first-order valence-electron chi connectivity index (χ1n) is 15.4. The summed E-state index contributed by atoms with van der Waals surface area (Å²) in [7, 11) is 1.41. The fourth-order valence-corrected chi connectivity index (χ4v) is 4.91. The van der Waals surface area contributed by atoms with Gasteiger partial charge in [0.05, 0.1) is 18.2 Å². The van der Waals surface area contributed by atoms with E-state index in [1.54, 1.807) is 91.0 Å². The predicted molar refractivity (Wildman–Crippen MR) is 184 cm³/mol. The number of hydrogen-bond donors (Lipinski definition) is 0. The fraction of sp³-hybridized carbons (Fsp3) is 0.0244. The third kappa shape index (κ3) is 7.36. The second-order valence-corrected chi connectivity index (χ2v) is 10.6. The van der Waals surface area contributed by atoms with Crippen molar-refractivity contribution < 1.29 is 32.8 Å². The van der Waals surface area contributed by atoms with E-state index in [1.165, 1.54) is 37.4 Å². The molecule has 52 heavy (non-hydrogen) atoms. The third-order valence-corrected chi connectivity index (χ3v) is 7.37. The zero-order chi connectivity index (χ0) is 36.5. The summed E-state index contributed by atoms with van der Waals surface area (Å²) in [6.07, 6.45) is 0. The van der Waals surface area contributed by atoms with Gasteiger partial charge in [0.15, 0.2) is 23.0 Å². The smallest absolute Gasteiger partial charge is 0.173 e. The first-order valence-corrected chi connectivity index (χ1v) is 15.4. The van der Waals surface area contributed by atoms with Gasteiger partial charge in [-0.2, -0.15) is 21.0 Å². The lowest BCUT2D eigenvalue weighted by molar-refractivity contribution is 0.373. The van der Waals surface area contributed by atoms with E-state index >= 15 is 0 Å². The van der Waals surface area contributed by atoms with Crippen molar-refractivity contribution in [3.8, 4) is 87.5 Å². The zero-order valence-electron chi connectivity index (χ0n) is 27.2. The van der Waals surface area contributed by atoms with Crippen LogP contribution in [0.15, 0.2) is 121 Å². The van der Waals surface area contributed by atoms with E-state index in [1.807, 2.05) is 0 Å². The van der Waals surface area contributed by atoms with Crippen LogP contribution in [0.1, 0.15) is 22.3 Å². The minimum Gasteiger partial charge on any atom is -0.493 e. The Morgan fingerprint density at radius 3 is 1.44 bits per heavy atom. The van der Waals surface area contributed by atoms with Crippen LogP contribution in [0.4, 0.5) is 4.39 Å². The van der Waals surface area contributed by atoms with Gasteiger partial charge in [-0.05, 0) is 72.8 Å². The predicted octanol–water partition coefficient (Wildman–Crippen LogP) is 10.3. The fourth-order valence-electron chi connectivity index (χ4n) is 4.91. The Kier molecular flexibility index (Phi) is 10.1. The van der Waals surface area contributed by atoms with Crippen LogP contribution in [-0.2, 0) is 0 Å². The van der Waals surface area contributed by atoms with Crippen molar-refractivity contribution in [1.82, 2.24) is 0 Å². The molecule has 0 saturated carbocycles. The standard InChI is InChI=1S/C41H23FN4O6/c1-47-40-20-28(16-18-38(40)51-35-13-6-10-32(42)30(35)24-45)49-36-14-7-15-37(31(36)25-46)52-41-21-29(48-33-11-4-2-8-26(33)22-43)17-19-39(41)50-34-12-5-3-9-27(34)23-44/h2-21H,1H3. The molecule has 0 saturated heterocycles. The molecule has 0 aliphatic carbocycles. The Morgan fingerprint density at radius 1 is 0.404 bits per heavy atom. The lowest BCUT2D eigenvalue weighted by Gasteiger charge is -2.17. The molecule has 250 valence electrons. The molecule has 6 aromatic carbocycles. The van der Waals surface area contributed by atoms with Crippen molar-refractivity contribution in [2.45, 2.75) is 0 Å². The maximum atomic E-state index is 14.1. The summed E-state index contributed by atoms with van der Waals surface area (Å²) in [6.45, 7) is 0. The second-order valence-electron chi connectivity index (χ2n) is 10.6. The maximum Gasteiger partial charge on any atom is 0.173 e. The highest BCUT2D eigenvalue weighted by atomic mass is 19.1. The van der Waals surface area contributed by atoms with Crippen molar-refractivity contribution in [2.75, 3.05) is 7.11 Å². The van der Waals surface area contributed by atoms with Crippen molar-refractivity contribution in [3.05, 3.63) is 149 Å². The Hall–Kier alpha value is -7.99. The van der Waals surface area contributed by atoms with Crippen LogP contribution in [0.2, 0.25) is 0 Å². The first-order chi connectivity index (χ1) is 25.4. The first kappa shape index (κ1) is 33.9. The molecule has 6 aromatic rings. The SMILES string of the molecule is COc1cc(Oc2cccc(Oc3cc(Oc4ccccc4C#N)ccc3Oc3ccccc3C#N)c2C#N)ccc1Oc1cccc(F)c1C#N. The Morgan fingerprint density at radius 2 is 0.846 bits per heavy atom. The highest BCUT2D eigenvalue weighted by Crippen LogP contribution is 2.43. The summed E-state index contributed by atoms with van der Waals surface area (Å²) < 4.78 is 49.9. The van der Waals surface area contributed by atoms with Crippen molar-refractivity contribution in [2.24, 2.45) is 0 Å². The van der Waals surface area contributed by atoms with E-state index in [-0.39, 0.29) is 68.4 Å². The molecule has 6 rings (SSSR count). The average Bonchev–Trinajstić information content (AvgIpc) is 3.17. The highest BCUT2D eigenvalue weighted by Gasteiger charge is 2.19. The van der Waals surface area contributed by atoms with Crippen LogP contribution in [0, 0.1) is 51.1 Å². The number of benzene rings is 6. The van der Waals surface area contributed by atoms with E-state index in [4.69, 9.17) is 28.4 Å². The molecule has 0 aliphatic heterocycles. The van der Waals surface area contributed by atoms with Crippen molar-refractivity contribution in [1.29, 1.82) is 21.0 Å². The topological polar surface area (TPSA) is 151 Å². The number of nitriles is 4. The molecule has 0 spiro atoms. The van der Waals surface area contributed by atoms with Gasteiger partial charge >= 0.3 is 0 Å². The average molecular weight is 687 g/mol. The maximum absolute atomic E-state index is 14.1. The van der Waals surface area contributed by atoms with Gasteiger partial charge in [-0.1, -0.05) is 36.4 Å². The highest BCUT2D eigenvalue weighted by molar-refractivity contribution is 5.59. The Labute approximate surface area is 297 Å². The number of rotatable bonds is 11. The van der Waals surface area contributed by atoms with Crippen LogP contribution >= 0.6 is 0 Å². The minimum absolute atomic E-state index is 0.00860. The third-order valence-electron chi connectivity index (χ3n) is 7.37. The molecular weight excluding hydrogens is 663 g/mol. The lowest BCUT2D eigenvalue weighted by atomic mass is 10.2. The summed E-state index contributed by atoms with van der Waals surface area (Å²) in [6, 6.07) is 39.7. The summed E-state index contributed by atoms with van der Waals surface area (Å²) in [4.78, 5) is 0. The molecule has 11 heteroatoms. The Bertz CT molecular complexity index is 2470. The number of ether oxygens (including phenoxy) is 6. The van der Waals surface area contributed by atoms with Gasteiger partial charge in [-0.15, -0.1) is 0 Å². The molecule has 0 bridgehead atoms. The molecule has 0 radical (unpaired) electrons. The van der Waals surface area contributed by atoms with E-state index < -0.39 is 5.82 Å². The van der Waals surface area contributed by atoms with Gasteiger partial charge in [0.1, 0.15) is 81.5 Å². The van der Waals surface area contributed by atoms with Crippen LogP contribution in [0.25, 0.3) is 0 Å². The van der Waals surface area contributed by atoms with Gasteiger partial charge in [0, 0.05) is 12.1 Å². The summed E-state index contributed by atoms with van der Waals surface area (Å²) in [5.41, 5.74) is 0.386. The van der Waals surface area contributed by atoms with Crippen LogP contribution in [0.3, 0.4) is 0 Å². The molecule has 0 heterocycles. The number of hydrogen-bond acceptors (Lipinski definition) is 10. The van der Waals surface area contributed by atoms with Gasteiger partial charge in [0.2, 0.25) is 0 Å². The van der Waals surface area contributed by atoms with Gasteiger partial charge in [0.25, 0.3) is 0 Å². The Balaban J connectivity index is 1.33.